The number of hydrogen-bond acceptors (Lipinski definition) is 28. The van der Waals surface area contributed by atoms with Crippen molar-refractivity contribution in [3.05, 3.63) is 108 Å². The number of phenolic OH excluding ortho intramolecular Hbond substituents is 1. The lowest BCUT2D eigenvalue weighted by Crippen LogP contribution is -2.60. The predicted octanol–water partition coefficient (Wildman–Crippen LogP) is -2.04. The summed E-state index contributed by atoms with van der Waals surface area (Å²) >= 11 is 0.827. The molecule has 1 saturated heterocycles. The minimum absolute atomic E-state index is 0.00706. The van der Waals surface area contributed by atoms with Gasteiger partial charge in [-0.05, 0) is 124 Å². The fourth-order valence-corrected chi connectivity index (χ4v) is 15.5. The third-order valence-electron chi connectivity index (χ3n) is 22.5. The zero-order valence-electron chi connectivity index (χ0n) is 83.0. The van der Waals surface area contributed by atoms with Crippen molar-refractivity contribution >= 4 is 124 Å². The molecule has 1 aromatic heterocycles. The van der Waals surface area contributed by atoms with E-state index in [0.29, 0.717) is 56.2 Å². The van der Waals surface area contributed by atoms with Gasteiger partial charge in [-0.15, -0.1) is 11.8 Å². The van der Waals surface area contributed by atoms with Gasteiger partial charge in [-0.2, -0.15) is 0 Å². The maximum Gasteiger partial charge on any atom is 0.305 e. The number of aliphatic carboxylic acids is 1. The summed E-state index contributed by atoms with van der Waals surface area (Å²) in [6.07, 6.45) is 2.54. The normalized spacial score (nSPS) is 20.8. The molecule has 13 atom stereocenters. The van der Waals surface area contributed by atoms with Crippen LogP contribution in [0.4, 0.5) is 0 Å². The number of carbonyl (C=O) groups excluding carboxylic acids is 17. The summed E-state index contributed by atoms with van der Waals surface area (Å²) in [7, 11) is 0. The number of aromatic nitrogens is 2. The largest absolute Gasteiger partial charge is 0.508 e. The van der Waals surface area contributed by atoms with Gasteiger partial charge in [-0.1, -0.05) is 128 Å². The van der Waals surface area contributed by atoms with Gasteiger partial charge in [0.1, 0.15) is 84.4 Å². The molecule has 0 radical (unpaired) electrons. The van der Waals surface area contributed by atoms with Crippen molar-refractivity contribution in [1.29, 1.82) is 5.41 Å². The maximum absolute atomic E-state index is 15.3. The molecular weight excluding hydrogens is 1890 g/mol. The smallest absolute Gasteiger partial charge is 0.305 e. The number of H-pyrrole nitrogens is 1. The molecule has 2 heterocycles. The van der Waals surface area contributed by atoms with Crippen LogP contribution in [-0.4, -0.2) is 308 Å². The number of hydrogen-bond donors (Lipinski definition) is 23. The third kappa shape index (κ3) is 48.5. The Morgan fingerprint density at radius 3 is 1.57 bits per heavy atom. The Kier molecular flexibility index (Phi) is 56.4. The van der Waals surface area contributed by atoms with E-state index in [2.05, 4.69) is 95.0 Å². The van der Waals surface area contributed by atoms with Crippen molar-refractivity contribution in [1.82, 2.24) is 95.0 Å². The van der Waals surface area contributed by atoms with Crippen LogP contribution in [0.1, 0.15) is 169 Å². The highest BCUT2D eigenvalue weighted by molar-refractivity contribution is 8.00. The molecule has 1 fully saturated rings. The lowest BCUT2D eigenvalue weighted by Gasteiger charge is -2.28. The number of ether oxygens (including phenoxy) is 5. The quantitative estimate of drug-likeness (QED) is 0.00980. The second-order valence-electron chi connectivity index (χ2n) is 35.3. The number of guanidine groups is 1. The summed E-state index contributed by atoms with van der Waals surface area (Å²) in [6.45, 7) is 12.0. The van der Waals surface area contributed by atoms with Crippen LogP contribution in [0.2, 0.25) is 0 Å². The van der Waals surface area contributed by atoms with E-state index in [1.807, 2.05) is 37.3 Å². The average Bonchev–Trinajstić information content (AvgIpc) is 0.976. The topological polar surface area (TPSA) is 717 Å². The summed E-state index contributed by atoms with van der Waals surface area (Å²) in [5.41, 5.74) is 19.2. The van der Waals surface area contributed by atoms with Crippen LogP contribution < -0.4 is 102 Å². The van der Waals surface area contributed by atoms with Gasteiger partial charge in [0, 0.05) is 57.6 Å². The zero-order chi connectivity index (χ0) is 106. The Bertz CT molecular complexity index is 4780. The first-order valence-corrected chi connectivity index (χ1v) is 49.6. The molecule has 0 bridgehead atoms. The van der Waals surface area contributed by atoms with E-state index in [4.69, 9.17) is 46.3 Å². The van der Waals surface area contributed by atoms with Crippen LogP contribution in [-0.2, 0) is 129 Å². The Balaban J connectivity index is 1.53. The van der Waals surface area contributed by atoms with Gasteiger partial charge in [0.05, 0.1) is 90.1 Å². The number of carbonyl (C=O) groups is 18. The first kappa shape index (κ1) is 121. The van der Waals surface area contributed by atoms with Crippen molar-refractivity contribution in [3.8, 4) is 16.9 Å². The summed E-state index contributed by atoms with van der Waals surface area (Å²) in [5.74, 6) is -19.4. The number of thioether (sulfide) groups is 1. The summed E-state index contributed by atoms with van der Waals surface area (Å²) < 4.78 is 27.9. The molecule has 4 aromatic rings. The molecule has 0 aliphatic carbocycles. The van der Waals surface area contributed by atoms with Crippen LogP contribution in [0, 0.1) is 17.2 Å². The highest BCUT2D eigenvalue weighted by atomic mass is 32.2. The number of benzene rings is 3. The second kappa shape index (κ2) is 67.2. The van der Waals surface area contributed by atoms with E-state index < -0.39 is 229 Å². The maximum atomic E-state index is 15.3. The minimum Gasteiger partial charge on any atom is -0.508 e. The van der Waals surface area contributed by atoms with Crippen LogP contribution in [0.25, 0.3) is 11.1 Å². The number of phenols is 1. The number of imidazole rings is 1. The predicted molar refractivity (Wildman–Crippen MR) is 530 cm³/mol. The Hall–Kier alpha value is -13.5. The Labute approximate surface area is 841 Å². The number of nitrogens with one attached hydrogen (secondary N) is 18. The number of carboxylic acid groups (broad SMARTS) is 1. The highest BCUT2D eigenvalue weighted by Gasteiger charge is 2.39. The Morgan fingerprint density at radius 1 is 0.528 bits per heavy atom. The van der Waals surface area contributed by atoms with Crippen molar-refractivity contribution < 1.29 is 120 Å². The third-order valence-corrected chi connectivity index (χ3v) is 23.5. The number of nitrogens with two attached hydrogens (primary N) is 3. The van der Waals surface area contributed by atoms with Gasteiger partial charge in [0.2, 0.25) is 94.5 Å². The fourth-order valence-electron chi connectivity index (χ4n) is 14.7. The number of esters is 1. The number of primary amides is 1. The zero-order valence-corrected chi connectivity index (χ0v) is 83.8. The molecule has 144 heavy (non-hydrogen) atoms. The second-order valence-corrected chi connectivity index (χ2v) is 36.3. The van der Waals surface area contributed by atoms with E-state index in [9.17, 15) is 82.1 Å². The van der Waals surface area contributed by atoms with Gasteiger partial charge >= 0.3 is 11.9 Å². The molecule has 48 heteroatoms. The van der Waals surface area contributed by atoms with Gasteiger partial charge in [0.25, 0.3) is 0 Å². The van der Waals surface area contributed by atoms with Crippen LogP contribution in [0.3, 0.4) is 0 Å². The van der Waals surface area contributed by atoms with Crippen molar-refractivity contribution in [2.75, 3.05) is 97.1 Å². The van der Waals surface area contributed by atoms with Gasteiger partial charge in [-0.3, -0.25) is 91.7 Å². The van der Waals surface area contributed by atoms with Crippen LogP contribution in [0.5, 0.6) is 5.75 Å². The molecule has 5 rings (SSSR count). The summed E-state index contributed by atoms with van der Waals surface area (Å²) in [6, 6.07) is 3.75. The molecule has 1 unspecified atom stereocenters. The molecule has 0 saturated carbocycles. The van der Waals surface area contributed by atoms with Gasteiger partial charge in [-0.25, -0.2) is 4.98 Å². The summed E-state index contributed by atoms with van der Waals surface area (Å²) in [5, 5.41) is 69.8. The lowest BCUT2D eigenvalue weighted by atomic mass is 9.98. The first-order valence-electron chi connectivity index (χ1n) is 48.4. The SMILES string of the molecule is CCCCC[C@@H]1NC(=O)[C@H](CCCNC(=N)N)NC(=O)[C@H](C)NC(=O)CSC[C@@H](C(=O)NCCOCCOCCOCCOCCC(=O)N[C@@H](CCCCN)C(N)=O)NC(=O)CNC(=O)[C@H](CCC(CC)OC(C)=O)NC(=O)[C@H](Cc2ccc(-c3ccccc3)cc2)NC(=O)[C@H](CC(C)C)NC(=O)[C@H](C(C)C)NC(=O)CNC(=O)[C@H](CC(=O)O)NC(=O)[C@H](Cc2c[nH]cn2)NC(=O)[C@H](Cc2ccc(O)cc2)NC1=O. The molecule has 47 nitrogen and oxygen atoms in total. The molecule has 1 aliphatic rings. The number of amides is 16. The van der Waals surface area contributed by atoms with E-state index in [-0.39, 0.29) is 153 Å². The monoisotopic (exact) mass is 2040 g/mol. The van der Waals surface area contributed by atoms with Crippen molar-refractivity contribution in [2.24, 2.45) is 29.0 Å². The van der Waals surface area contributed by atoms with Crippen LogP contribution >= 0.6 is 11.8 Å². The number of carboxylic acids is 1. The van der Waals surface area contributed by atoms with Crippen molar-refractivity contribution in [2.45, 2.75) is 250 Å². The number of nitrogens with zero attached hydrogens (tertiary/aromatic N) is 1. The van der Waals surface area contributed by atoms with E-state index >= 15 is 14.4 Å². The highest BCUT2D eigenvalue weighted by Crippen LogP contribution is 2.22. The minimum atomic E-state index is -1.98. The number of unbranched alkanes of at least 4 members (excludes halogenated alkanes) is 3. The van der Waals surface area contributed by atoms with Crippen molar-refractivity contribution in [3.63, 3.8) is 0 Å². The standard InChI is InChI=1S/C96H146N22O25S/c1-9-11-13-22-69-90(133)113-74(48-62-26-30-66(120)31-27-62)93(136)115-75(49-65-51-101-56-106-65)94(137)116-76(50-82(125)126)87(130)105-53-80(123)118-83(58(5)6)95(138)117-72(46-57(3)4)91(134)114-73(47-61-24-28-64(29-25-61)63-19-14-12-15-20-63)92(135)112-71(33-32-67(10-2)143-60(8)119)86(129)104-52-79(122)109-77(54-144-55-81(124)107-59(7)85(128)110-70(89(132)111-69)23-18-36-103-96(99)100)88(131)102-37-39-140-41-43-142-45-44-141-42-40-139-38-34-78(121)108-68(84(98)127)21-16-17-35-97/h12,14-15,19-20,24-31,51,56-59,67-77,83,120H,9-11,13,16-18,21-23,32-50,52-55,97H2,1-8H3,(H2,98,127)(H,101,106)(H,102,131)(H,104,129)(H,105,130)(H,107,124)(H,108,121)(H,109,122)(H,110,128)(H,111,132)(H,112,135)(H,113,133)(H,114,134)(H,115,136)(H,116,137)(H,117,138)(H,118,123)(H,125,126)(H4,99,100,103)/t59-,67?,68-,69-,70-,71-,72-,73-,74-,75-,76-,77-,83-/m0/s1. The molecule has 16 amide bonds. The van der Waals surface area contributed by atoms with Gasteiger partial charge in [0.15, 0.2) is 5.96 Å². The van der Waals surface area contributed by atoms with Crippen LogP contribution in [0.15, 0.2) is 91.4 Å². The van der Waals surface area contributed by atoms with E-state index in [1.165, 1.54) is 50.6 Å². The molecule has 1 aliphatic heterocycles. The number of aromatic hydroxyl groups is 1. The van der Waals surface area contributed by atoms with E-state index in [1.54, 1.807) is 58.9 Å². The average molecular weight is 2040 g/mol. The molecule has 3 aromatic carbocycles. The summed E-state index contributed by atoms with van der Waals surface area (Å²) in [4.78, 5) is 260. The molecular formula is C96H146N22O25S. The molecule has 0 spiro atoms. The number of aromatic amines is 1. The lowest BCUT2D eigenvalue weighted by molar-refractivity contribution is -0.147. The van der Waals surface area contributed by atoms with E-state index in [0.717, 1.165) is 22.9 Å². The number of rotatable bonds is 47. The molecule has 796 valence electrons. The molecule has 26 N–H and O–H groups in total. The first-order chi connectivity index (χ1) is 68.8. The Morgan fingerprint density at radius 2 is 1.03 bits per heavy atom. The van der Waals surface area contributed by atoms with Gasteiger partial charge < -0.3 is 141 Å². The fraction of sp³-hybridized carbons (Fsp3) is 0.583.